The van der Waals surface area contributed by atoms with Crippen molar-refractivity contribution in [3.63, 3.8) is 0 Å². The van der Waals surface area contributed by atoms with Crippen molar-refractivity contribution >= 4 is 11.8 Å². The van der Waals surface area contributed by atoms with Crippen molar-refractivity contribution in [2.24, 2.45) is 4.99 Å². The molecule has 0 atom stereocenters. The summed E-state index contributed by atoms with van der Waals surface area (Å²) >= 11 is 0. The van der Waals surface area contributed by atoms with E-state index in [1.54, 1.807) is 12.1 Å². The molecule has 52 valence electrons. The topological polar surface area (TPSA) is 64.4 Å². The first-order valence-electron chi connectivity index (χ1n) is 2.56. The first kappa shape index (κ1) is 8.56. The predicted octanol–water partition coefficient (Wildman–Crippen LogP) is 1.82. The van der Waals surface area contributed by atoms with Crippen molar-refractivity contribution in [3.8, 4) is 0 Å². The van der Waals surface area contributed by atoms with Crippen molar-refractivity contribution < 1.29 is 4.79 Å². The molecule has 0 unspecified atom stereocenters. The maximum Gasteiger partial charge on any atom is 0.240 e. The Balaban J connectivity index is 0.000000810. The molecule has 0 aliphatic heterocycles. The van der Waals surface area contributed by atoms with Gasteiger partial charge in [0.15, 0.2) is 0 Å². The van der Waals surface area contributed by atoms with Crippen LogP contribution in [0.1, 0.15) is 0 Å². The maximum absolute atomic E-state index is 9.68. The van der Waals surface area contributed by atoms with Crippen molar-refractivity contribution in [3.05, 3.63) is 30.3 Å². The second kappa shape index (κ2) is 4.44. The Hall–Kier alpha value is -1.44. The van der Waals surface area contributed by atoms with Gasteiger partial charge in [0.25, 0.3) is 0 Å². The fraction of sp³-hybridized carbons (Fsp3) is 0. The number of nitrogens with zero attached hydrogens (tertiary/aromatic N) is 1. The largest absolute Gasteiger partial charge is 0.344 e. The Labute approximate surface area is 59.0 Å². The molecule has 0 amide bonds. The van der Waals surface area contributed by atoms with E-state index in [9.17, 15) is 4.79 Å². The molecular weight excluding hydrogens is 128 g/mol. The third kappa shape index (κ3) is 2.22. The summed E-state index contributed by atoms with van der Waals surface area (Å²) in [4.78, 5) is 13.1. The first-order valence-corrected chi connectivity index (χ1v) is 2.56. The maximum atomic E-state index is 9.68. The number of rotatable bonds is 1. The molecule has 1 rings (SSSR count). The molecule has 3 heteroatoms. The van der Waals surface area contributed by atoms with E-state index < -0.39 is 0 Å². The van der Waals surface area contributed by atoms with Gasteiger partial charge in [0.2, 0.25) is 6.08 Å². The minimum Gasteiger partial charge on any atom is -0.344 e. The molecule has 1 aromatic carbocycles. The molecule has 1 aromatic rings. The summed E-state index contributed by atoms with van der Waals surface area (Å²) in [7, 11) is 0. The number of aliphatic imine (C=N–C) groups is 1. The molecule has 3 nitrogen and oxygen atoms in total. The molecule has 0 spiro atoms. The van der Waals surface area contributed by atoms with Crippen LogP contribution in [0.2, 0.25) is 0 Å². The summed E-state index contributed by atoms with van der Waals surface area (Å²) in [6.07, 6.45) is 1.46. The molecule has 0 saturated heterocycles. The zero-order chi connectivity index (χ0) is 6.53. The zero-order valence-electron chi connectivity index (χ0n) is 5.45. The third-order valence-corrected chi connectivity index (χ3v) is 0.931. The summed E-state index contributed by atoms with van der Waals surface area (Å²) in [5.74, 6) is 0. The van der Waals surface area contributed by atoms with Gasteiger partial charge in [0.05, 0.1) is 5.69 Å². The van der Waals surface area contributed by atoms with Crippen LogP contribution >= 0.6 is 0 Å². The first-order chi connectivity index (χ1) is 4.43. The van der Waals surface area contributed by atoms with E-state index in [1.165, 1.54) is 6.08 Å². The van der Waals surface area contributed by atoms with Crippen LogP contribution < -0.4 is 6.15 Å². The average molecular weight is 136 g/mol. The summed E-state index contributed by atoms with van der Waals surface area (Å²) in [6, 6.07) is 8.98. The van der Waals surface area contributed by atoms with E-state index in [0.29, 0.717) is 5.69 Å². The average Bonchev–Trinajstić information content (AvgIpc) is 1.91. The monoisotopic (exact) mass is 136 g/mol. The fourth-order valence-electron chi connectivity index (χ4n) is 0.555. The van der Waals surface area contributed by atoms with Crippen LogP contribution in [0.3, 0.4) is 0 Å². The van der Waals surface area contributed by atoms with Gasteiger partial charge < -0.3 is 6.15 Å². The lowest BCUT2D eigenvalue weighted by Crippen LogP contribution is -1.59. The minimum absolute atomic E-state index is 0. The molecule has 10 heavy (non-hydrogen) atoms. The molecule has 0 radical (unpaired) electrons. The molecule has 0 bridgehead atoms. The number of carbonyl (C=O) groups excluding carboxylic acids is 1. The lowest BCUT2D eigenvalue weighted by atomic mass is 10.3. The number of isocyanates is 1. The van der Waals surface area contributed by atoms with Gasteiger partial charge in [0, 0.05) is 0 Å². The number of hydrogen-bond donors (Lipinski definition) is 1. The SMILES string of the molecule is N.O=C=Nc1ccccc1. The van der Waals surface area contributed by atoms with E-state index in [1.807, 2.05) is 18.2 Å². The normalized spacial score (nSPS) is 7.20. The van der Waals surface area contributed by atoms with E-state index in [2.05, 4.69) is 4.99 Å². The minimum atomic E-state index is 0. The Morgan fingerprint density at radius 1 is 1.20 bits per heavy atom. The van der Waals surface area contributed by atoms with Crippen molar-refractivity contribution in [1.29, 1.82) is 0 Å². The molecule has 0 aliphatic rings. The van der Waals surface area contributed by atoms with E-state index in [-0.39, 0.29) is 6.15 Å². The Bertz CT molecular complexity index is 227. The molecule has 0 aromatic heterocycles. The van der Waals surface area contributed by atoms with Gasteiger partial charge in [-0.1, -0.05) is 18.2 Å². The molecule has 0 aliphatic carbocycles. The van der Waals surface area contributed by atoms with Crippen LogP contribution in [0.5, 0.6) is 0 Å². The number of benzene rings is 1. The van der Waals surface area contributed by atoms with Gasteiger partial charge >= 0.3 is 0 Å². The number of hydrogen-bond acceptors (Lipinski definition) is 3. The van der Waals surface area contributed by atoms with Crippen molar-refractivity contribution in [2.45, 2.75) is 0 Å². The van der Waals surface area contributed by atoms with E-state index in [0.717, 1.165) is 0 Å². The fourth-order valence-corrected chi connectivity index (χ4v) is 0.555. The predicted molar refractivity (Wildman–Crippen MR) is 39.2 cm³/mol. The highest BCUT2D eigenvalue weighted by atomic mass is 16.1. The van der Waals surface area contributed by atoms with Crippen LogP contribution in [0, 0.1) is 0 Å². The van der Waals surface area contributed by atoms with Crippen LogP contribution in [0.25, 0.3) is 0 Å². The zero-order valence-corrected chi connectivity index (χ0v) is 5.45. The quantitative estimate of drug-likeness (QED) is 0.472. The highest BCUT2D eigenvalue weighted by Gasteiger charge is 1.79. The van der Waals surface area contributed by atoms with Crippen molar-refractivity contribution in [1.82, 2.24) is 6.15 Å². The molecule has 0 saturated carbocycles. The summed E-state index contributed by atoms with van der Waals surface area (Å²) in [5, 5.41) is 0. The van der Waals surface area contributed by atoms with Crippen LogP contribution in [-0.2, 0) is 4.79 Å². The summed E-state index contributed by atoms with van der Waals surface area (Å²) < 4.78 is 0. The van der Waals surface area contributed by atoms with Gasteiger partial charge in [-0.05, 0) is 12.1 Å². The number of para-hydroxylation sites is 1. The Morgan fingerprint density at radius 3 is 2.30 bits per heavy atom. The smallest absolute Gasteiger partial charge is 0.240 e. The second-order valence-corrected chi connectivity index (χ2v) is 1.54. The highest BCUT2D eigenvalue weighted by Crippen LogP contribution is 2.06. The Kier molecular flexibility index (Phi) is 3.80. The molecular formula is C7H8N2O. The van der Waals surface area contributed by atoms with Crippen LogP contribution in [0.15, 0.2) is 35.3 Å². The standard InChI is InChI=1S/C7H5NO.H3N/c9-6-8-7-4-2-1-3-5-7;/h1-5H;1H3. The van der Waals surface area contributed by atoms with E-state index >= 15 is 0 Å². The third-order valence-electron chi connectivity index (χ3n) is 0.931. The summed E-state index contributed by atoms with van der Waals surface area (Å²) in [6.45, 7) is 0. The molecule has 3 N–H and O–H groups in total. The second-order valence-electron chi connectivity index (χ2n) is 1.54. The molecule has 0 fully saturated rings. The van der Waals surface area contributed by atoms with Crippen LogP contribution in [0.4, 0.5) is 5.69 Å². The summed E-state index contributed by atoms with van der Waals surface area (Å²) in [5.41, 5.74) is 0.646. The van der Waals surface area contributed by atoms with Crippen LogP contribution in [-0.4, -0.2) is 6.08 Å². The van der Waals surface area contributed by atoms with E-state index in [4.69, 9.17) is 0 Å². The highest BCUT2D eigenvalue weighted by molar-refractivity contribution is 5.47. The van der Waals surface area contributed by atoms with Gasteiger partial charge in [-0.25, -0.2) is 4.79 Å². The van der Waals surface area contributed by atoms with Gasteiger partial charge in [-0.15, -0.1) is 0 Å². The van der Waals surface area contributed by atoms with Gasteiger partial charge in [-0.2, -0.15) is 4.99 Å². The lowest BCUT2D eigenvalue weighted by Gasteiger charge is -1.83. The molecule has 0 heterocycles. The Morgan fingerprint density at radius 2 is 1.80 bits per heavy atom. The lowest BCUT2D eigenvalue weighted by molar-refractivity contribution is 0.565. The van der Waals surface area contributed by atoms with Crippen molar-refractivity contribution in [2.75, 3.05) is 0 Å². The van der Waals surface area contributed by atoms with Gasteiger partial charge in [-0.3, -0.25) is 0 Å². The van der Waals surface area contributed by atoms with Gasteiger partial charge in [0.1, 0.15) is 0 Å².